The number of carbonyl (C=O) groups excluding carboxylic acids is 1. The summed E-state index contributed by atoms with van der Waals surface area (Å²) in [4.78, 5) is 10.9. The van der Waals surface area contributed by atoms with Crippen molar-refractivity contribution < 1.29 is 71.5 Å². The number of aliphatic carboxylic acids is 1. The SMILES string of the molecule is C[C@H](CCC(=O)[O-])[C@H]1CCC2C3C[C@H](O)C4C[C@H](O)CC[C@]4(C)C3CC[C@@]21C.[K+]. The minimum Gasteiger partial charge on any atom is -0.550 e. The average Bonchev–Trinajstić information content (AvgIpc) is 2.99. The number of carboxylic acids is 1. The van der Waals surface area contributed by atoms with Gasteiger partial charge in [0.15, 0.2) is 0 Å². The van der Waals surface area contributed by atoms with Crippen LogP contribution in [0.1, 0.15) is 85.0 Å². The maximum Gasteiger partial charge on any atom is 1.00 e. The standard InChI is InChI=1S/C24H40O4.K/c1-14(4-7-22(27)28)17-5-6-18-16-13-21(26)20-12-15(25)8-10-24(20,3)19(16)9-11-23(17,18)2;/h14-21,25-26H,4-13H2,1-3H3,(H,27,28);/q;+1/p-1/t14-,15-,16?,17-,18?,19?,20?,21+,23-,24-;/m1./s1. The summed E-state index contributed by atoms with van der Waals surface area (Å²) in [5.41, 5.74) is 0.450. The van der Waals surface area contributed by atoms with Gasteiger partial charge in [-0.25, -0.2) is 0 Å². The van der Waals surface area contributed by atoms with Crippen LogP contribution in [0.15, 0.2) is 0 Å². The van der Waals surface area contributed by atoms with Crippen LogP contribution in [-0.4, -0.2) is 28.4 Å². The first-order chi connectivity index (χ1) is 13.2. The van der Waals surface area contributed by atoms with Crippen molar-refractivity contribution in [3.63, 3.8) is 0 Å². The van der Waals surface area contributed by atoms with Crippen LogP contribution in [-0.2, 0) is 4.79 Å². The Morgan fingerprint density at radius 2 is 1.66 bits per heavy atom. The molecular formula is C24H39KO4. The Labute approximate surface area is 219 Å². The minimum atomic E-state index is -0.927. The van der Waals surface area contributed by atoms with Crippen molar-refractivity contribution in [2.75, 3.05) is 0 Å². The molecule has 4 aliphatic carbocycles. The summed E-state index contributed by atoms with van der Waals surface area (Å²) in [6.07, 6.45) is 8.88. The molecule has 0 spiro atoms. The molecule has 4 unspecified atom stereocenters. The van der Waals surface area contributed by atoms with Crippen LogP contribution >= 0.6 is 0 Å². The van der Waals surface area contributed by atoms with E-state index in [4.69, 9.17) is 0 Å². The van der Waals surface area contributed by atoms with Crippen LogP contribution in [0.4, 0.5) is 0 Å². The number of rotatable bonds is 4. The van der Waals surface area contributed by atoms with Crippen LogP contribution < -0.4 is 56.5 Å². The summed E-state index contributed by atoms with van der Waals surface area (Å²) < 4.78 is 0. The molecule has 29 heavy (non-hydrogen) atoms. The molecule has 0 aromatic rings. The Hall–Kier alpha value is 1.03. The number of fused-ring (bicyclic) bond motifs is 5. The molecule has 2 N–H and O–H groups in total. The monoisotopic (exact) mass is 430 g/mol. The number of aliphatic hydroxyl groups is 2. The molecule has 0 heterocycles. The smallest absolute Gasteiger partial charge is 0.550 e. The molecule has 5 heteroatoms. The Balaban J connectivity index is 0.00000240. The molecule has 0 aromatic carbocycles. The molecular weight excluding hydrogens is 391 g/mol. The number of hydrogen-bond donors (Lipinski definition) is 2. The number of carbonyl (C=O) groups is 1. The normalized spacial score (nSPS) is 49.9. The largest absolute Gasteiger partial charge is 1.00 e. The van der Waals surface area contributed by atoms with Crippen LogP contribution in [0.5, 0.6) is 0 Å². The van der Waals surface area contributed by atoms with E-state index in [2.05, 4.69) is 20.8 Å². The molecule has 10 atom stereocenters. The fourth-order valence-electron chi connectivity index (χ4n) is 8.80. The van der Waals surface area contributed by atoms with Crippen molar-refractivity contribution in [1.82, 2.24) is 0 Å². The molecule has 0 amide bonds. The minimum absolute atomic E-state index is 0. The predicted molar refractivity (Wildman–Crippen MR) is 106 cm³/mol. The van der Waals surface area contributed by atoms with Gasteiger partial charge in [0.1, 0.15) is 0 Å². The molecule has 4 saturated carbocycles. The maximum atomic E-state index is 11.1. The third kappa shape index (κ3) is 4.20. The summed E-state index contributed by atoms with van der Waals surface area (Å²) >= 11 is 0. The van der Waals surface area contributed by atoms with Gasteiger partial charge in [0.05, 0.1) is 12.2 Å². The number of carboxylic acid groups (broad SMARTS) is 1. The Morgan fingerprint density at radius 3 is 2.34 bits per heavy atom. The van der Waals surface area contributed by atoms with E-state index in [1.807, 2.05) is 0 Å². The zero-order valence-electron chi connectivity index (χ0n) is 18.9. The first kappa shape index (κ1) is 24.7. The van der Waals surface area contributed by atoms with Crippen molar-refractivity contribution in [1.29, 1.82) is 0 Å². The van der Waals surface area contributed by atoms with Crippen LogP contribution in [0, 0.1) is 46.3 Å². The van der Waals surface area contributed by atoms with Crippen LogP contribution in [0.2, 0.25) is 0 Å². The number of hydrogen-bond acceptors (Lipinski definition) is 4. The van der Waals surface area contributed by atoms with E-state index in [0.29, 0.717) is 29.6 Å². The van der Waals surface area contributed by atoms with E-state index < -0.39 is 5.97 Å². The molecule has 0 bridgehead atoms. The molecule has 4 aliphatic rings. The van der Waals surface area contributed by atoms with Crippen molar-refractivity contribution in [3.8, 4) is 0 Å². The Morgan fingerprint density at radius 1 is 1.00 bits per heavy atom. The summed E-state index contributed by atoms with van der Waals surface area (Å²) in [5.74, 6) is 2.25. The van der Waals surface area contributed by atoms with E-state index in [0.717, 1.165) is 32.1 Å². The zero-order chi connectivity index (χ0) is 20.3. The van der Waals surface area contributed by atoms with E-state index in [9.17, 15) is 20.1 Å². The molecule has 4 fully saturated rings. The summed E-state index contributed by atoms with van der Waals surface area (Å²) in [7, 11) is 0. The third-order valence-electron chi connectivity index (χ3n) is 10.2. The molecule has 0 radical (unpaired) electrons. The van der Waals surface area contributed by atoms with E-state index in [1.165, 1.54) is 25.7 Å². The first-order valence-electron chi connectivity index (χ1n) is 11.7. The van der Waals surface area contributed by atoms with E-state index >= 15 is 0 Å². The Kier molecular flexibility index (Phi) is 7.75. The summed E-state index contributed by atoms with van der Waals surface area (Å²) in [6, 6.07) is 0. The predicted octanol–water partition coefficient (Wildman–Crippen LogP) is 0.147. The fraction of sp³-hybridized carbons (Fsp3) is 0.958. The fourth-order valence-corrected chi connectivity index (χ4v) is 8.80. The van der Waals surface area contributed by atoms with Crippen molar-refractivity contribution in [3.05, 3.63) is 0 Å². The maximum absolute atomic E-state index is 11.1. The number of aliphatic hydroxyl groups excluding tert-OH is 2. The molecule has 4 nitrogen and oxygen atoms in total. The zero-order valence-corrected chi connectivity index (χ0v) is 22.0. The van der Waals surface area contributed by atoms with Gasteiger partial charge in [-0.1, -0.05) is 20.8 Å². The summed E-state index contributed by atoms with van der Waals surface area (Å²) in [6.45, 7) is 7.11. The Bertz CT molecular complexity index is 612. The van der Waals surface area contributed by atoms with Gasteiger partial charge in [-0.3, -0.25) is 0 Å². The second-order valence-corrected chi connectivity index (χ2v) is 11.3. The van der Waals surface area contributed by atoms with Gasteiger partial charge in [-0.05, 0) is 111 Å². The van der Waals surface area contributed by atoms with E-state index in [1.54, 1.807) is 0 Å². The van der Waals surface area contributed by atoms with Gasteiger partial charge in [0.2, 0.25) is 0 Å². The quantitative estimate of drug-likeness (QED) is 0.622. The second-order valence-electron chi connectivity index (χ2n) is 11.3. The van der Waals surface area contributed by atoms with Gasteiger partial charge < -0.3 is 20.1 Å². The second kappa shape index (κ2) is 9.11. The van der Waals surface area contributed by atoms with Crippen molar-refractivity contribution >= 4 is 5.97 Å². The first-order valence-corrected chi connectivity index (χ1v) is 11.7. The van der Waals surface area contributed by atoms with Gasteiger partial charge in [0.25, 0.3) is 0 Å². The third-order valence-corrected chi connectivity index (χ3v) is 10.2. The molecule has 0 saturated heterocycles. The topological polar surface area (TPSA) is 80.6 Å². The van der Waals surface area contributed by atoms with Gasteiger partial charge in [-0.2, -0.15) is 0 Å². The molecule has 0 aromatic heterocycles. The van der Waals surface area contributed by atoms with E-state index in [-0.39, 0.29) is 86.8 Å². The average molecular weight is 431 g/mol. The van der Waals surface area contributed by atoms with Crippen LogP contribution in [0.3, 0.4) is 0 Å². The molecule has 4 rings (SSSR count). The van der Waals surface area contributed by atoms with Crippen molar-refractivity contribution in [2.24, 2.45) is 46.3 Å². The van der Waals surface area contributed by atoms with Crippen LogP contribution in [0.25, 0.3) is 0 Å². The molecule has 0 aliphatic heterocycles. The van der Waals surface area contributed by atoms with Crippen molar-refractivity contribution in [2.45, 2.75) is 97.2 Å². The van der Waals surface area contributed by atoms with Gasteiger partial charge >= 0.3 is 51.4 Å². The summed E-state index contributed by atoms with van der Waals surface area (Å²) in [5, 5.41) is 32.2. The van der Waals surface area contributed by atoms with Gasteiger partial charge in [0, 0.05) is 5.97 Å². The molecule has 160 valence electrons. The van der Waals surface area contributed by atoms with Gasteiger partial charge in [-0.15, -0.1) is 0 Å².